The molecule has 0 radical (unpaired) electrons. The molecule has 6 nitrogen and oxygen atoms in total. The number of aromatic amines is 2. The van der Waals surface area contributed by atoms with Gasteiger partial charge in [0, 0.05) is 21.7 Å². The highest BCUT2D eigenvalue weighted by Crippen LogP contribution is 2.33. The lowest BCUT2D eigenvalue weighted by atomic mass is 10.0. The molecular weight excluding hydrogens is 379 g/mol. The largest absolute Gasteiger partial charge is 0.612 e. The Labute approximate surface area is 160 Å². The van der Waals surface area contributed by atoms with Crippen molar-refractivity contribution in [3.05, 3.63) is 64.8 Å². The number of H-pyrrole nitrogens is 2. The van der Waals surface area contributed by atoms with Gasteiger partial charge in [-0.05, 0) is 53.6 Å². The van der Waals surface area contributed by atoms with Crippen LogP contribution < -0.4 is 5.56 Å². The van der Waals surface area contributed by atoms with Crippen LogP contribution in [0.3, 0.4) is 0 Å². The predicted octanol–water partition coefficient (Wildman–Crippen LogP) is 3.50. The fourth-order valence-corrected chi connectivity index (χ4v) is 4.01. The van der Waals surface area contributed by atoms with Crippen molar-refractivity contribution in [2.45, 2.75) is 4.90 Å². The van der Waals surface area contributed by atoms with Crippen LogP contribution in [0.2, 0.25) is 0 Å². The summed E-state index contributed by atoms with van der Waals surface area (Å²) in [5, 5.41) is 8.40. The molecule has 0 aliphatic heterocycles. The van der Waals surface area contributed by atoms with Gasteiger partial charge in [0.15, 0.2) is 4.90 Å². The maximum atomic E-state index is 13.9. The van der Waals surface area contributed by atoms with Crippen molar-refractivity contribution in [1.29, 1.82) is 0 Å². The van der Waals surface area contributed by atoms with Crippen molar-refractivity contribution in [1.82, 2.24) is 20.2 Å². The van der Waals surface area contributed by atoms with E-state index in [0.717, 1.165) is 10.5 Å². The molecule has 1 atom stereocenters. The topological polar surface area (TPSA) is 97.5 Å². The molecule has 2 heterocycles. The molecule has 0 bridgehead atoms. The Morgan fingerprint density at radius 2 is 1.86 bits per heavy atom. The molecule has 3 aromatic carbocycles. The van der Waals surface area contributed by atoms with E-state index in [1.807, 2.05) is 12.1 Å². The summed E-state index contributed by atoms with van der Waals surface area (Å²) in [6.07, 6.45) is 3.16. The van der Waals surface area contributed by atoms with Gasteiger partial charge in [-0.25, -0.2) is 14.5 Å². The van der Waals surface area contributed by atoms with Gasteiger partial charge in [-0.15, -0.1) is 0 Å². The van der Waals surface area contributed by atoms with Crippen LogP contribution in [0.15, 0.2) is 58.4 Å². The minimum Gasteiger partial charge on any atom is -0.612 e. The molecule has 0 spiro atoms. The van der Waals surface area contributed by atoms with Crippen LogP contribution in [0.5, 0.6) is 0 Å². The molecule has 138 valence electrons. The monoisotopic (exact) mass is 392 g/mol. The van der Waals surface area contributed by atoms with E-state index in [4.69, 9.17) is 4.98 Å². The quantitative estimate of drug-likeness (QED) is 0.355. The zero-order valence-corrected chi connectivity index (χ0v) is 15.4. The molecule has 2 aromatic heterocycles. The molecule has 8 heteroatoms. The van der Waals surface area contributed by atoms with Crippen LogP contribution in [-0.2, 0) is 11.2 Å². The van der Waals surface area contributed by atoms with Gasteiger partial charge in [-0.2, -0.15) is 5.10 Å². The van der Waals surface area contributed by atoms with E-state index in [1.54, 1.807) is 24.5 Å². The summed E-state index contributed by atoms with van der Waals surface area (Å²) in [5.41, 5.74) is 1.71. The van der Waals surface area contributed by atoms with Crippen LogP contribution in [0.25, 0.3) is 44.0 Å². The molecule has 0 saturated heterocycles. The zero-order chi connectivity index (χ0) is 19.4. The molecular formula is C20H13FN4O2S. The van der Waals surface area contributed by atoms with E-state index in [1.165, 1.54) is 18.3 Å². The highest BCUT2D eigenvalue weighted by atomic mass is 32.2. The van der Waals surface area contributed by atoms with Crippen LogP contribution in [-0.4, -0.2) is 31.0 Å². The Bertz CT molecular complexity index is 1420. The van der Waals surface area contributed by atoms with E-state index in [9.17, 15) is 13.7 Å². The summed E-state index contributed by atoms with van der Waals surface area (Å²) >= 11 is -1.06. The average Bonchev–Trinajstić information content (AvgIpc) is 3.13. The minimum atomic E-state index is -1.06. The number of hydrogen-bond donors (Lipinski definition) is 2. The second-order valence-corrected chi connectivity index (χ2v) is 7.84. The maximum absolute atomic E-state index is 13.9. The maximum Gasteiger partial charge on any atom is 0.272 e. The zero-order valence-electron chi connectivity index (χ0n) is 14.6. The highest BCUT2D eigenvalue weighted by molar-refractivity contribution is 7.90. The fraction of sp³-hybridized carbons (Fsp3) is 0.0500. The lowest BCUT2D eigenvalue weighted by Gasteiger charge is -2.04. The fourth-order valence-electron chi connectivity index (χ4n) is 3.49. The first-order valence-corrected chi connectivity index (χ1v) is 10.0. The summed E-state index contributed by atoms with van der Waals surface area (Å²) < 4.78 is 25.5. The number of nitrogens with zero attached hydrogens (tertiary/aromatic N) is 2. The first kappa shape index (κ1) is 16.9. The van der Waals surface area contributed by atoms with Crippen molar-refractivity contribution in [2.24, 2.45) is 0 Å². The first-order chi connectivity index (χ1) is 13.5. The Morgan fingerprint density at radius 1 is 1.07 bits per heavy atom. The summed E-state index contributed by atoms with van der Waals surface area (Å²) in [4.78, 5) is 21.1. The molecule has 28 heavy (non-hydrogen) atoms. The number of fused-ring (bicyclic) bond motifs is 6. The highest BCUT2D eigenvalue weighted by Gasteiger charge is 2.17. The number of nitrogens with one attached hydrogen (secondary N) is 2. The van der Waals surface area contributed by atoms with Gasteiger partial charge in [0.25, 0.3) is 5.56 Å². The van der Waals surface area contributed by atoms with Crippen molar-refractivity contribution in [3.63, 3.8) is 0 Å². The Hall–Kier alpha value is -3.23. The molecule has 5 aromatic rings. The molecule has 0 amide bonds. The Kier molecular flexibility index (Phi) is 3.71. The van der Waals surface area contributed by atoms with Crippen LogP contribution >= 0.6 is 0 Å². The van der Waals surface area contributed by atoms with Gasteiger partial charge in [0.2, 0.25) is 0 Å². The molecule has 5 rings (SSSR count). The number of rotatable bonds is 2. The summed E-state index contributed by atoms with van der Waals surface area (Å²) in [5.74, 6) is 0.171. The Morgan fingerprint density at radius 3 is 2.61 bits per heavy atom. The predicted molar refractivity (Wildman–Crippen MR) is 107 cm³/mol. The Balaban J connectivity index is 1.86. The molecule has 0 aliphatic rings. The van der Waals surface area contributed by atoms with E-state index >= 15 is 0 Å². The number of benzene rings is 3. The van der Waals surface area contributed by atoms with Crippen molar-refractivity contribution < 1.29 is 8.94 Å². The van der Waals surface area contributed by atoms with Gasteiger partial charge < -0.3 is 9.54 Å². The number of aromatic nitrogens is 4. The summed E-state index contributed by atoms with van der Waals surface area (Å²) in [6.45, 7) is 0. The third-order valence-electron chi connectivity index (χ3n) is 4.80. The van der Waals surface area contributed by atoms with Gasteiger partial charge in [-0.1, -0.05) is 0 Å². The number of halogens is 1. The first-order valence-electron chi connectivity index (χ1n) is 8.45. The van der Waals surface area contributed by atoms with E-state index < -0.39 is 17.0 Å². The van der Waals surface area contributed by atoms with Crippen LogP contribution in [0.1, 0.15) is 0 Å². The van der Waals surface area contributed by atoms with Crippen molar-refractivity contribution >= 4 is 43.8 Å². The van der Waals surface area contributed by atoms with Gasteiger partial charge in [0.05, 0.1) is 22.6 Å². The van der Waals surface area contributed by atoms with Crippen molar-refractivity contribution in [3.8, 4) is 11.4 Å². The SMILES string of the molecule is C[S+]([O-])c1ccc(-c2nc3c4ccc(F)cc4c4c(=O)[nH]ncc4c3[nH]2)cc1. The standard InChI is InChI=1S/C20H13FN4O2S/c1-28(27)12-5-2-10(3-6-12)19-23-17-13-7-4-11(21)8-14(13)16-15(18(17)24-19)9-22-25-20(16)26/h2-9H,1H3,(H,23,24)(H,25,26). The van der Waals surface area contributed by atoms with E-state index in [0.29, 0.717) is 38.4 Å². The van der Waals surface area contributed by atoms with Crippen LogP contribution in [0, 0.1) is 5.82 Å². The molecule has 1 unspecified atom stereocenters. The lowest BCUT2D eigenvalue weighted by Crippen LogP contribution is -2.08. The molecule has 0 saturated carbocycles. The normalized spacial score (nSPS) is 12.8. The lowest BCUT2D eigenvalue weighted by molar-refractivity contribution is 0.601. The third kappa shape index (κ3) is 2.49. The smallest absolute Gasteiger partial charge is 0.272 e. The summed E-state index contributed by atoms with van der Waals surface area (Å²) in [7, 11) is 0. The summed E-state index contributed by atoms with van der Waals surface area (Å²) in [6, 6.07) is 11.6. The number of imidazole rings is 1. The number of hydrogen-bond acceptors (Lipinski definition) is 4. The molecule has 2 N–H and O–H groups in total. The second kappa shape index (κ2) is 6.15. The second-order valence-electron chi connectivity index (χ2n) is 6.47. The van der Waals surface area contributed by atoms with Crippen molar-refractivity contribution in [2.75, 3.05) is 6.26 Å². The average molecular weight is 392 g/mol. The van der Waals surface area contributed by atoms with Gasteiger partial charge in [-0.3, -0.25) is 4.79 Å². The molecule has 0 fully saturated rings. The molecule has 0 aliphatic carbocycles. The van der Waals surface area contributed by atoms with Crippen LogP contribution in [0.4, 0.5) is 4.39 Å². The minimum absolute atomic E-state index is 0.365. The van der Waals surface area contributed by atoms with E-state index in [-0.39, 0.29) is 5.56 Å². The van der Waals surface area contributed by atoms with Gasteiger partial charge in [0.1, 0.15) is 17.9 Å². The third-order valence-corrected chi connectivity index (χ3v) is 5.73. The van der Waals surface area contributed by atoms with Gasteiger partial charge >= 0.3 is 0 Å². The van der Waals surface area contributed by atoms with E-state index in [2.05, 4.69) is 15.2 Å².